The van der Waals surface area contributed by atoms with Crippen molar-refractivity contribution in [3.8, 4) is 23.3 Å². The maximum atomic E-state index is 12.9. The molecule has 0 fully saturated rings. The van der Waals surface area contributed by atoms with Gasteiger partial charge >= 0.3 is 0 Å². The highest BCUT2D eigenvalue weighted by Crippen LogP contribution is 2.34. The molecule has 0 spiro atoms. The molecule has 27 heavy (non-hydrogen) atoms. The van der Waals surface area contributed by atoms with Gasteiger partial charge in [0.25, 0.3) is 0 Å². The molecule has 4 aromatic rings. The van der Waals surface area contributed by atoms with E-state index in [1.165, 1.54) is 11.3 Å². The molecule has 2 aromatic heterocycles. The number of aromatic nitrogens is 1. The topological polar surface area (TPSA) is 48.4 Å². The van der Waals surface area contributed by atoms with Crippen LogP contribution in [0.25, 0.3) is 20.2 Å². The van der Waals surface area contributed by atoms with Crippen molar-refractivity contribution in [2.75, 3.05) is 14.2 Å². The molecule has 0 amide bonds. The number of benzene rings is 2. The third-order valence-corrected chi connectivity index (χ3v) is 5.29. The predicted octanol–water partition coefficient (Wildman–Crippen LogP) is 4.23. The van der Waals surface area contributed by atoms with E-state index in [0.717, 1.165) is 15.0 Å². The first-order valence-electron chi connectivity index (χ1n) is 8.25. The molecule has 4 nitrogen and oxygen atoms in total. The maximum Gasteiger partial charge on any atom is 0.196 e. The summed E-state index contributed by atoms with van der Waals surface area (Å²) in [7, 11) is 3.14. The van der Waals surface area contributed by atoms with E-state index >= 15 is 0 Å². The zero-order valence-corrected chi connectivity index (χ0v) is 15.6. The minimum atomic E-state index is -0.0241. The number of ether oxygens (including phenoxy) is 2. The van der Waals surface area contributed by atoms with Crippen LogP contribution < -0.4 is 14.9 Å². The molecule has 0 aliphatic rings. The zero-order valence-electron chi connectivity index (χ0n) is 14.8. The van der Waals surface area contributed by atoms with E-state index in [9.17, 15) is 4.79 Å². The van der Waals surface area contributed by atoms with E-state index < -0.39 is 0 Å². The van der Waals surface area contributed by atoms with Gasteiger partial charge in [-0.3, -0.25) is 4.79 Å². The van der Waals surface area contributed by atoms with Gasteiger partial charge in [0.1, 0.15) is 5.69 Å². The Balaban J connectivity index is 1.88. The average molecular weight is 373 g/mol. The van der Waals surface area contributed by atoms with Crippen molar-refractivity contribution < 1.29 is 9.47 Å². The van der Waals surface area contributed by atoms with Crippen LogP contribution in [0.5, 0.6) is 11.5 Å². The van der Waals surface area contributed by atoms with Gasteiger partial charge in [-0.25, -0.2) is 4.98 Å². The van der Waals surface area contributed by atoms with Crippen molar-refractivity contribution in [2.45, 2.75) is 0 Å². The highest BCUT2D eigenvalue weighted by Gasteiger charge is 2.12. The van der Waals surface area contributed by atoms with Gasteiger partial charge in [0.2, 0.25) is 0 Å². The molecule has 132 valence electrons. The zero-order chi connectivity index (χ0) is 18.8. The summed E-state index contributed by atoms with van der Waals surface area (Å²) < 4.78 is 12.4. The van der Waals surface area contributed by atoms with Gasteiger partial charge in [0.15, 0.2) is 16.9 Å². The van der Waals surface area contributed by atoms with Crippen LogP contribution in [-0.2, 0) is 0 Å². The SMILES string of the molecule is COc1cc2sc3cc(C#Cc4ccccn4)ccc3c(=O)c2cc1OC. The highest BCUT2D eigenvalue weighted by atomic mass is 32.1. The highest BCUT2D eigenvalue weighted by molar-refractivity contribution is 7.24. The summed E-state index contributed by atoms with van der Waals surface area (Å²) in [6, 6.07) is 14.8. The summed E-state index contributed by atoms with van der Waals surface area (Å²) in [5, 5.41) is 1.29. The van der Waals surface area contributed by atoms with E-state index in [1.807, 2.05) is 42.5 Å². The third-order valence-electron chi connectivity index (χ3n) is 4.18. The lowest BCUT2D eigenvalue weighted by molar-refractivity contribution is 0.356. The summed E-state index contributed by atoms with van der Waals surface area (Å²) in [5.74, 6) is 7.30. The molecule has 0 unspecified atom stereocenters. The maximum absolute atomic E-state index is 12.9. The molecule has 0 aliphatic carbocycles. The van der Waals surface area contributed by atoms with E-state index in [0.29, 0.717) is 28.0 Å². The van der Waals surface area contributed by atoms with Crippen LogP contribution in [0.15, 0.2) is 59.5 Å². The van der Waals surface area contributed by atoms with Crippen molar-refractivity contribution >= 4 is 31.5 Å². The number of hydrogen-bond donors (Lipinski definition) is 0. The van der Waals surface area contributed by atoms with Crippen molar-refractivity contribution in [1.82, 2.24) is 4.98 Å². The molecule has 4 rings (SSSR count). The number of hydrogen-bond acceptors (Lipinski definition) is 5. The van der Waals surface area contributed by atoms with Gasteiger partial charge in [0.05, 0.1) is 14.2 Å². The Morgan fingerprint density at radius 1 is 0.889 bits per heavy atom. The van der Waals surface area contributed by atoms with E-state index in [-0.39, 0.29) is 5.43 Å². The van der Waals surface area contributed by atoms with Gasteiger partial charge in [-0.1, -0.05) is 12.0 Å². The van der Waals surface area contributed by atoms with Crippen LogP contribution in [0.1, 0.15) is 11.3 Å². The molecule has 0 saturated heterocycles. The fourth-order valence-electron chi connectivity index (χ4n) is 2.83. The Bertz CT molecular complexity index is 1270. The van der Waals surface area contributed by atoms with Crippen LogP contribution in [0.2, 0.25) is 0 Å². The summed E-state index contributed by atoms with van der Waals surface area (Å²) in [6.07, 6.45) is 1.71. The van der Waals surface area contributed by atoms with Gasteiger partial charge in [0, 0.05) is 38.0 Å². The molecule has 0 N–H and O–H groups in total. The summed E-state index contributed by atoms with van der Waals surface area (Å²) >= 11 is 1.53. The molecule has 0 radical (unpaired) electrons. The summed E-state index contributed by atoms with van der Waals surface area (Å²) in [5.41, 5.74) is 1.52. The van der Waals surface area contributed by atoms with Crippen molar-refractivity contribution in [3.05, 3.63) is 76.2 Å². The largest absolute Gasteiger partial charge is 0.493 e. The Morgan fingerprint density at radius 2 is 1.67 bits per heavy atom. The Morgan fingerprint density at radius 3 is 2.41 bits per heavy atom. The second kappa shape index (κ2) is 7.10. The minimum Gasteiger partial charge on any atom is -0.493 e. The predicted molar refractivity (Wildman–Crippen MR) is 109 cm³/mol. The minimum absolute atomic E-state index is 0.0241. The number of methoxy groups -OCH3 is 2. The summed E-state index contributed by atoms with van der Waals surface area (Å²) in [6.45, 7) is 0. The van der Waals surface area contributed by atoms with Gasteiger partial charge in [-0.05, 0) is 42.3 Å². The van der Waals surface area contributed by atoms with Crippen LogP contribution in [0, 0.1) is 11.8 Å². The number of nitrogens with zero attached hydrogens (tertiary/aromatic N) is 1. The Hall–Kier alpha value is -3.36. The molecule has 2 aromatic carbocycles. The fraction of sp³-hybridized carbons (Fsp3) is 0.0909. The molecular formula is C22H15NO3S. The quantitative estimate of drug-likeness (QED) is 0.390. The Kier molecular flexibility index (Phi) is 4.49. The van der Waals surface area contributed by atoms with Gasteiger partial charge < -0.3 is 9.47 Å². The standard InChI is InChI=1S/C22H15NO3S/c1-25-18-12-17-21(13-19(18)26-2)27-20-11-14(7-9-16(20)22(17)24)6-8-15-5-3-4-10-23-15/h3-5,7,9-13H,1-2H3. The second-order valence-corrected chi connectivity index (χ2v) is 6.89. The van der Waals surface area contributed by atoms with Crippen molar-refractivity contribution in [3.63, 3.8) is 0 Å². The molecule has 0 bridgehead atoms. The van der Waals surface area contributed by atoms with Gasteiger partial charge in [-0.2, -0.15) is 0 Å². The average Bonchev–Trinajstić information content (AvgIpc) is 2.72. The van der Waals surface area contributed by atoms with Gasteiger partial charge in [-0.15, -0.1) is 11.3 Å². The fourth-order valence-corrected chi connectivity index (χ4v) is 3.95. The van der Waals surface area contributed by atoms with Crippen LogP contribution in [-0.4, -0.2) is 19.2 Å². The van der Waals surface area contributed by atoms with Crippen molar-refractivity contribution in [1.29, 1.82) is 0 Å². The second-order valence-electron chi connectivity index (χ2n) is 5.81. The lowest BCUT2D eigenvalue weighted by Gasteiger charge is -2.09. The van der Waals surface area contributed by atoms with Crippen LogP contribution in [0.4, 0.5) is 0 Å². The molecule has 0 aliphatic heterocycles. The van der Waals surface area contributed by atoms with Crippen LogP contribution >= 0.6 is 11.3 Å². The van der Waals surface area contributed by atoms with E-state index in [4.69, 9.17) is 9.47 Å². The normalized spacial score (nSPS) is 10.4. The molecular weight excluding hydrogens is 358 g/mol. The van der Waals surface area contributed by atoms with E-state index in [2.05, 4.69) is 16.8 Å². The smallest absolute Gasteiger partial charge is 0.196 e. The monoisotopic (exact) mass is 373 g/mol. The number of pyridine rings is 1. The van der Waals surface area contributed by atoms with Crippen molar-refractivity contribution in [2.24, 2.45) is 0 Å². The first-order chi connectivity index (χ1) is 13.2. The van der Waals surface area contributed by atoms with E-state index in [1.54, 1.807) is 26.5 Å². The molecule has 0 atom stereocenters. The lowest BCUT2D eigenvalue weighted by Crippen LogP contribution is -2.02. The number of fused-ring (bicyclic) bond motifs is 2. The molecule has 0 saturated carbocycles. The number of rotatable bonds is 2. The molecule has 2 heterocycles. The summed E-state index contributed by atoms with van der Waals surface area (Å²) in [4.78, 5) is 17.1. The lowest BCUT2D eigenvalue weighted by atomic mass is 10.1. The first kappa shape index (κ1) is 17.1. The van der Waals surface area contributed by atoms with Crippen LogP contribution in [0.3, 0.4) is 0 Å². The Labute approximate surface area is 160 Å². The first-order valence-corrected chi connectivity index (χ1v) is 9.07. The molecule has 5 heteroatoms. The third kappa shape index (κ3) is 3.23.